The Morgan fingerprint density at radius 2 is 1.76 bits per heavy atom. The molecule has 1 aromatic rings. The molecule has 5 heteroatoms. The molecule has 17 heavy (non-hydrogen) atoms. The quantitative estimate of drug-likeness (QED) is 0.912. The maximum absolute atomic E-state index is 5.89. The van der Waals surface area contributed by atoms with Crippen LogP contribution in [0.4, 0.5) is 0 Å². The normalized spacial score (nSPS) is 17.1. The number of nitrogens with one attached hydrogen (secondary N) is 1. The molecule has 94 valence electrons. The Labute approximate surface area is 112 Å². The first-order valence-electron chi connectivity index (χ1n) is 5.76. The lowest BCUT2D eigenvalue weighted by molar-refractivity contribution is 0.191. The maximum atomic E-state index is 5.89. The molecule has 0 spiro atoms. The monoisotopic (exact) mass is 274 g/mol. The van der Waals surface area contributed by atoms with Crippen molar-refractivity contribution in [2.45, 2.75) is 0 Å². The van der Waals surface area contributed by atoms with Gasteiger partial charge in [0.2, 0.25) is 0 Å². The summed E-state index contributed by atoms with van der Waals surface area (Å²) in [6.45, 7) is 5.88. The van der Waals surface area contributed by atoms with E-state index in [4.69, 9.17) is 27.9 Å². The molecule has 0 aromatic heterocycles. The van der Waals surface area contributed by atoms with E-state index in [2.05, 4.69) is 10.2 Å². The fourth-order valence-electron chi connectivity index (χ4n) is 1.84. The molecule has 1 heterocycles. The molecule has 0 bridgehead atoms. The SMILES string of the molecule is Clc1cc(Cl)cc(OCCN2CCNCC2)c1. The summed E-state index contributed by atoms with van der Waals surface area (Å²) >= 11 is 11.8. The molecule has 1 N–H and O–H groups in total. The molecule has 0 atom stereocenters. The highest BCUT2D eigenvalue weighted by atomic mass is 35.5. The lowest BCUT2D eigenvalue weighted by Gasteiger charge is -2.26. The third kappa shape index (κ3) is 4.36. The van der Waals surface area contributed by atoms with E-state index in [1.54, 1.807) is 18.2 Å². The molecular formula is C12H16Cl2N2O. The van der Waals surface area contributed by atoms with Crippen molar-refractivity contribution in [2.75, 3.05) is 39.3 Å². The molecular weight excluding hydrogens is 259 g/mol. The molecule has 3 nitrogen and oxygen atoms in total. The highest BCUT2D eigenvalue weighted by molar-refractivity contribution is 6.34. The third-order valence-electron chi connectivity index (χ3n) is 2.72. The molecule has 0 saturated carbocycles. The molecule has 0 radical (unpaired) electrons. The molecule has 1 aromatic carbocycles. The first-order chi connectivity index (χ1) is 8.24. The number of rotatable bonds is 4. The Morgan fingerprint density at radius 3 is 2.41 bits per heavy atom. The van der Waals surface area contributed by atoms with Gasteiger partial charge in [-0.25, -0.2) is 0 Å². The smallest absolute Gasteiger partial charge is 0.122 e. The molecule has 2 rings (SSSR count). The van der Waals surface area contributed by atoms with Crippen molar-refractivity contribution in [1.29, 1.82) is 0 Å². The third-order valence-corrected chi connectivity index (χ3v) is 3.16. The van der Waals surface area contributed by atoms with E-state index in [-0.39, 0.29) is 0 Å². The van der Waals surface area contributed by atoms with Crippen molar-refractivity contribution < 1.29 is 4.74 Å². The van der Waals surface area contributed by atoms with Crippen molar-refractivity contribution in [1.82, 2.24) is 10.2 Å². The second-order valence-electron chi connectivity index (χ2n) is 4.05. The van der Waals surface area contributed by atoms with E-state index in [0.29, 0.717) is 16.7 Å². The van der Waals surface area contributed by atoms with Crippen LogP contribution in [-0.2, 0) is 0 Å². The van der Waals surface area contributed by atoms with Crippen LogP contribution in [-0.4, -0.2) is 44.2 Å². The van der Waals surface area contributed by atoms with Gasteiger partial charge in [0, 0.05) is 42.8 Å². The van der Waals surface area contributed by atoms with Gasteiger partial charge in [0.15, 0.2) is 0 Å². The van der Waals surface area contributed by atoms with E-state index >= 15 is 0 Å². The summed E-state index contributed by atoms with van der Waals surface area (Å²) in [5.74, 6) is 0.734. The molecule has 0 unspecified atom stereocenters. The Balaban J connectivity index is 1.77. The zero-order chi connectivity index (χ0) is 12.1. The summed E-state index contributed by atoms with van der Waals surface area (Å²) < 4.78 is 5.64. The lowest BCUT2D eigenvalue weighted by atomic mass is 10.3. The van der Waals surface area contributed by atoms with Crippen LogP contribution in [0.15, 0.2) is 18.2 Å². The first-order valence-corrected chi connectivity index (χ1v) is 6.51. The fourth-order valence-corrected chi connectivity index (χ4v) is 2.35. The van der Waals surface area contributed by atoms with E-state index < -0.39 is 0 Å². The number of hydrogen-bond donors (Lipinski definition) is 1. The van der Waals surface area contributed by atoms with Crippen molar-refractivity contribution in [3.05, 3.63) is 28.2 Å². The number of benzene rings is 1. The second kappa shape index (κ2) is 6.45. The minimum absolute atomic E-state index is 0.606. The zero-order valence-corrected chi connectivity index (χ0v) is 11.1. The summed E-state index contributed by atoms with van der Waals surface area (Å²) in [6, 6.07) is 5.27. The number of ether oxygens (including phenoxy) is 1. The summed E-state index contributed by atoms with van der Waals surface area (Å²) in [5.41, 5.74) is 0. The van der Waals surface area contributed by atoms with Crippen LogP contribution in [0.3, 0.4) is 0 Å². The molecule has 1 aliphatic heterocycles. The minimum Gasteiger partial charge on any atom is -0.492 e. The number of hydrogen-bond acceptors (Lipinski definition) is 3. The van der Waals surface area contributed by atoms with Gasteiger partial charge >= 0.3 is 0 Å². The fraction of sp³-hybridized carbons (Fsp3) is 0.500. The predicted octanol–water partition coefficient (Wildman–Crippen LogP) is 2.28. The van der Waals surface area contributed by atoms with E-state index in [0.717, 1.165) is 38.5 Å². The van der Waals surface area contributed by atoms with Crippen LogP contribution in [0.2, 0.25) is 10.0 Å². The van der Waals surface area contributed by atoms with E-state index in [9.17, 15) is 0 Å². The summed E-state index contributed by atoms with van der Waals surface area (Å²) in [5, 5.41) is 4.53. The Hall–Kier alpha value is -0.480. The van der Waals surface area contributed by atoms with Gasteiger partial charge in [-0.3, -0.25) is 4.90 Å². The molecule has 0 amide bonds. The Morgan fingerprint density at radius 1 is 1.12 bits per heavy atom. The van der Waals surface area contributed by atoms with Crippen molar-refractivity contribution in [2.24, 2.45) is 0 Å². The summed E-state index contributed by atoms with van der Waals surface area (Å²) in [7, 11) is 0. The van der Waals surface area contributed by atoms with Gasteiger partial charge in [0.1, 0.15) is 12.4 Å². The topological polar surface area (TPSA) is 24.5 Å². The largest absolute Gasteiger partial charge is 0.492 e. The summed E-state index contributed by atoms with van der Waals surface area (Å²) in [6.07, 6.45) is 0. The van der Waals surface area contributed by atoms with Gasteiger partial charge in [-0.1, -0.05) is 23.2 Å². The highest BCUT2D eigenvalue weighted by Crippen LogP contribution is 2.24. The van der Waals surface area contributed by atoms with Crippen LogP contribution < -0.4 is 10.1 Å². The molecule has 0 aliphatic carbocycles. The van der Waals surface area contributed by atoms with Crippen LogP contribution in [0.25, 0.3) is 0 Å². The van der Waals surface area contributed by atoms with Gasteiger partial charge in [-0.15, -0.1) is 0 Å². The van der Waals surface area contributed by atoms with Gasteiger partial charge in [-0.2, -0.15) is 0 Å². The molecule has 1 fully saturated rings. The standard InChI is InChI=1S/C12H16Cl2N2O/c13-10-7-11(14)9-12(8-10)17-6-5-16-3-1-15-2-4-16/h7-9,15H,1-6H2. The van der Waals surface area contributed by atoms with Crippen LogP contribution in [0, 0.1) is 0 Å². The summed E-state index contributed by atoms with van der Waals surface area (Å²) in [4.78, 5) is 2.38. The number of piperazine rings is 1. The van der Waals surface area contributed by atoms with Crippen molar-refractivity contribution in [3.8, 4) is 5.75 Å². The van der Waals surface area contributed by atoms with Crippen LogP contribution in [0.1, 0.15) is 0 Å². The first kappa shape index (κ1) is 13.0. The lowest BCUT2D eigenvalue weighted by Crippen LogP contribution is -2.44. The van der Waals surface area contributed by atoms with Gasteiger partial charge in [0.25, 0.3) is 0 Å². The van der Waals surface area contributed by atoms with Crippen LogP contribution in [0.5, 0.6) is 5.75 Å². The molecule has 1 saturated heterocycles. The average molecular weight is 275 g/mol. The second-order valence-corrected chi connectivity index (χ2v) is 4.92. The zero-order valence-electron chi connectivity index (χ0n) is 9.59. The number of nitrogens with zero attached hydrogens (tertiary/aromatic N) is 1. The van der Waals surface area contributed by atoms with Crippen molar-refractivity contribution in [3.63, 3.8) is 0 Å². The van der Waals surface area contributed by atoms with Gasteiger partial charge in [0.05, 0.1) is 0 Å². The van der Waals surface area contributed by atoms with Gasteiger partial charge < -0.3 is 10.1 Å². The molecule has 1 aliphatic rings. The predicted molar refractivity (Wildman–Crippen MR) is 71.3 cm³/mol. The van der Waals surface area contributed by atoms with Crippen LogP contribution >= 0.6 is 23.2 Å². The van der Waals surface area contributed by atoms with Gasteiger partial charge in [-0.05, 0) is 18.2 Å². The Bertz CT molecular complexity index is 347. The number of halogens is 2. The van der Waals surface area contributed by atoms with E-state index in [1.165, 1.54) is 0 Å². The maximum Gasteiger partial charge on any atom is 0.122 e. The highest BCUT2D eigenvalue weighted by Gasteiger charge is 2.09. The van der Waals surface area contributed by atoms with E-state index in [1.807, 2.05) is 0 Å². The van der Waals surface area contributed by atoms with Crippen molar-refractivity contribution >= 4 is 23.2 Å². The Kier molecular flexibility index (Phi) is 4.92. The average Bonchev–Trinajstić information content (AvgIpc) is 2.29. The minimum atomic E-state index is 0.606.